The molecule has 0 aliphatic heterocycles. The molecule has 9 heteroatoms. The van der Waals surface area contributed by atoms with Gasteiger partial charge in [0.15, 0.2) is 0 Å². The average molecular weight is 866 g/mol. The van der Waals surface area contributed by atoms with Gasteiger partial charge in [0.05, 0.1) is 39.9 Å². The summed E-state index contributed by atoms with van der Waals surface area (Å²) in [6.07, 6.45) is 54.9. The van der Waals surface area contributed by atoms with Gasteiger partial charge in [-0.05, 0) is 70.6 Å². The molecule has 0 heterocycles. The summed E-state index contributed by atoms with van der Waals surface area (Å²) in [5.41, 5.74) is 0. The molecule has 0 aliphatic rings. The number of rotatable bonds is 45. The Labute approximate surface area is 371 Å². The zero-order valence-corrected chi connectivity index (χ0v) is 40.8. The fraction of sp³-hybridized carbons (Fsp3) is 0.824. The largest absolute Gasteiger partial charge is 0.472 e. The third-order valence-corrected chi connectivity index (χ3v) is 12.0. The van der Waals surface area contributed by atoms with E-state index in [-0.39, 0.29) is 19.1 Å². The number of aliphatic hydroxyl groups is 1. The maximum Gasteiger partial charge on any atom is 0.472 e. The van der Waals surface area contributed by atoms with Crippen LogP contribution in [-0.2, 0) is 18.4 Å². The first kappa shape index (κ1) is 58.5. The van der Waals surface area contributed by atoms with Crippen molar-refractivity contribution < 1.29 is 32.9 Å². The van der Waals surface area contributed by atoms with Gasteiger partial charge in [0.25, 0.3) is 0 Å². The highest BCUT2D eigenvalue weighted by molar-refractivity contribution is 7.47. The Morgan fingerprint density at radius 2 is 0.917 bits per heavy atom. The van der Waals surface area contributed by atoms with Gasteiger partial charge in [-0.3, -0.25) is 13.8 Å². The van der Waals surface area contributed by atoms with Crippen LogP contribution in [0.5, 0.6) is 0 Å². The third kappa shape index (κ3) is 44.5. The van der Waals surface area contributed by atoms with E-state index in [9.17, 15) is 19.4 Å². The number of carbonyl (C=O) groups excluding carboxylic acids is 1. The average Bonchev–Trinajstić information content (AvgIpc) is 3.20. The molecular formula is C51H98N2O6P+. The second-order valence-electron chi connectivity index (χ2n) is 18.2. The van der Waals surface area contributed by atoms with Crippen LogP contribution in [0.2, 0.25) is 0 Å². The van der Waals surface area contributed by atoms with Crippen molar-refractivity contribution >= 4 is 13.7 Å². The maximum absolute atomic E-state index is 12.9. The highest BCUT2D eigenvalue weighted by atomic mass is 31.2. The predicted molar refractivity (Wildman–Crippen MR) is 258 cm³/mol. The molecule has 60 heavy (non-hydrogen) atoms. The fourth-order valence-electron chi connectivity index (χ4n) is 7.01. The number of amides is 1. The van der Waals surface area contributed by atoms with E-state index in [1.54, 1.807) is 6.08 Å². The third-order valence-electron chi connectivity index (χ3n) is 11.0. The normalized spacial score (nSPS) is 14.6. The molecule has 0 spiro atoms. The van der Waals surface area contributed by atoms with Gasteiger partial charge in [-0.1, -0.05) is 191 Å². The number of nitrogens with zero attached hydrogens (tertiary/aromatic N) is 1. The zero-order chi connectivity index (χ0) is 44.3. The number of carbonyl (C=O) groups is 1. The molecule has 0 saturated heterocycles. The van der Waals surface area contributed by atoms with Crippen molar-refractivity contribution in [1.82, 2.24) is 5.32 Å². The lowest BCUT2D eigenvalue weighted by atomic mass is 10.0. The molecule has 1 amide bonds. The van der Waals surface area contributed by atoms with E-state index in [1.807, 2.05) is 27.2 Å². The highest BCUT2D eigenvalue weighted by Crippen LogP contribution is 2.43. The zero-order valence-electron chi connectivity index (χ0n) is 39.9. The lowest BCUT2D eigenvalue weighted by molar-refractivity contribution is -0.870. The number of hydrogen-bond acceptors (Lipinski definition) is 5. The quantitative estimate of drug-likeness (QED) is 0.0244. The van der Waals surface area contributed by atoms with Gasteiger partial charge >= 0.3 is 7.82 Å². The van der Waals surface area contributed by atoms with Crippen LogP contribution in [0.15, 0.2) is 48.6 Å². The molecule has 0 aromatic carbocycles. The van der Waals surface area contributed by atoms with Crippen LogP contribution >= 0.6 is 7.82 Å². The van der Waals surface area contributed by atoms with Crippen molar-refractivity contribution in [3.8, 4) is 0 Å². The molecule has 0 aliphatic carbocycles. The minimum atomic E-state index is -4.35. The van der Waals surface area contributed by atoms with Crippen LogP contribution in [0.3, 0.4) is 0 Å². The van der Waals surface area contributed by atoms with Crippen LogP contribution in [0, 0.1) is 0 Å². The van der Waals surface area contributed by atoms with E-state index >= 15 is 0 Å². The second kappa shape index (κ2) is 42.7. The summed E-state index contributed by atoms with van der Waals surface area (Å²) in [6, 6.07) is -0.873. The Balaban J connectivity index is 4.36. The number of phosphoric ester groups is 1. The highest BCUT2D eigenvalue weighted by Gasteiger charge is 2.27. The summed E-state index contributed by atoms with van der Waals surface area (Å²) in [5.74, 6) is -0.201. The molecule has 0 rings (SSSR count). The Bertz CT molecular complexity index is 1120. The summed E-state index contributed by atoms with van der Waals surface area (Å²) in [4.78, 5) is 23.1. The van der Waals surface area contributed by atoms with Crippen LogP contribution < -0.4 is 5.32 Å². The van der Waals surface area contributed by atoms with Crippen molar-refractivity contribution in [1.29, 1.82) is 0 Å². The Kier molecular flexibility index (Phi) is 41.6. The molecule has 0 aromatic heterocycles. The summed E-state index contributed by atoms with van der Waals surface area (Å²) >= 11 is 0. The van der Waals surface area contributed by atoms with E-state index < -0.39 is 20.0 Å². The predicted octanol–water partition coefficient (Wildman–Crippen LogP) is 14.4. The summed E-state index contributed by atoms with van der Waals surface area (Å²) in [5, 5.41) is 13.8. The first-order valence-electron chi connectivity index (χ1n) is 25.0. The van der Waals surface area contributed by atoms with Crippen molar-refractivity contribution in [3.63, 3.8) is 0 Å². The van der Waals surface area contributed by atoms with E-state index in [2.05, 4.69) is 55.6 Å². The lowest BCUT2D eigenvalue weighted by Gasteiger charge is -2.25. The minimum Gasteiger partial charge on any atom is -0.387 e. The minimum absolute atomic E-state index is 0.0511. The molecular weight excluding hydrogens is 768 g/mol. The first-order chi connectivity index (χ1) is 29.0. The molecule has 3 atom stereocenters. The van der Waals surface area contributed by atoms with Crippen LogP contribution in [-0.4, -0.2) is 73.4 Å². The van der Waals surface area contributed by atoms with Gasteiger partial charge in [-0.15, -0.1) is 0 Å². The summed E-state index contributed by atoms with van der Waals surface area (Å²) in [7, 11) is 1.54. The topological polar surface area (TPSA) is 105 Å². The molecule has 352 valence electrons. The fourth-order valence-corrected chi connectivity index (χ4v) is 7.74. The van der Waals surface area contributed by atoms with Gasteiger partial charge < -0.3 is 19.8 Å². The number of hydrogen-bond donors (Lipinski definition) is 3. The van der Waals surface area contributed by atoms with E-state index in [0.717, 1.165) is 57.8 Å². The lowest BCUT2D eigenvalue weighted by Crippen LogP contribution is -2.45. The molecule has 0 saturated carbocycles. The van der Waals surface area contributed by atoms with Crippen molar-refractivity contribution in [3.05, 3.63) is 48.6 Å². The Hall–Kier alpha value is -1.54. The first-order valence-corrected chi connectivity index (χ1v) is 26.5. The molecule has 0 radical (unpaired) electrons. The van der Waals surface area contributed by atoms with Crippen molar-refractivity contribution in [2.45, 2.75) is 231 Å². The van der Waals surface area contributed by atoms with Crippen LogP contribution in [0.1, 0.15) is 219 Å². The molecule has 3 N–H and O–H groups in total. The van der Waals surface area contributed by atoms with Crippen molar-refractivity contribution in [2.24, 2.45) is 0 Å². The Morgan fingerprint density at radius 3 is 1.35 bits per heavy atom. The summed E-state index contributed by atoms with van der Waals surface area (Å²) < 4.78 is 23.6. The number of allylic oxidation sites excluding steroid dienone is 7. The van der Waals surface area contributed by atoms with Gasteiger partial charge in [-0.25, -0.2) is 4.57 Å². The number of likely N-dealkylation sites (N-methyl/N-ethyl adjacent to an activating group) is 1. The molecule has 0 aromatic rings. The van der Waals surface area contributed by atoms with Gasteiger partial charge in [0.2, 0.25) is 5.91 Å². The van der Waals surface area contributed by atoms with E-state index in [1.165, 1.54) is 141 Å². The van der Waals surface area contributed by atoms with E-state index in [4.69, 9.17) is 9.05 Å². The maximum atomic E-state index is 12.9. The number of phosphoric acid groups is 1. The van der Waals surface area contributed by atoms with Crippen LogP contribution in [0.25, 0.3) is 0 Å². The Morgan fingerprint density at radius 1 is 0.550 bits per heavy atom. The molecule has 0 bridgehead atoms. The smallest absolute Gasteiger partial charge is 0.387 e. The summed E-state index contributed by atoms with van der Waals surface area (Å²) in [6.45, 7) is 4.76. The number of quaternary nitrogens is 1. The van der Waals surface area contributed by atoms with Crippen molar-refractivity contribution in [2.75, 3.05) is 40.9 Å². The number of unbranched alkanes of at least 4 members (excludes halogenated alkanes) is 26. The van der Waals surface area contributed by atoms with Gasteiger partial charge in [0, 0.05) is 6.42 Å². The van der Waals surface area contributed by atoms with Gasteiger partial charge in [-0.2, -0.15) is 0 Å². The number of aliphatic hydroxyl groups excluding tert-OH is 1. The molecule has 8 nitrogen and oxygen atoms in total. The standard InChI is InChI=1S/C51H97N2O6P/c1-6-8-10-12-14-16-18-20-21-22-23-24-25-26-27-28-29-30-31-33-34-36-38-40-42-44-50(54)49(48-59-60(56,57)58-47-46-53(3,4)5)52-51(55)45-43-41-39-37-35-32-19-17-15-13-11-9-7-2/h17,19,29-30,34,36,42,44,49-50,54H,6-16,18,20-28,31-33,35,37-41,43,45-48H2,1-5H3,(H-,52,55,56,57)/p+1/b19-17-,30-29+,36-34+,44-42+. The molecule has 0 fully saturated rings. The monoisotopic (exact) mass is 866 g/mol. The molecule has 3 unspecified atom stereocenters. The number of nitrogens with one attached hydrogen (secondary N) is 1. The van der Waals surface area contributed by atoms with E-state index in [0.29, 0.717) is 17.4 Å². The SMILES string of the molecule is CCCCCC/C=C\CCCCCCCC(=O)NC(COP(=O)(O)OCC[N+](C)(C)C)C(O)/C=C/CC/C=C/CC/C=C/CCCCCCCCCCCCCCCCC. The van der Waals surface area contributed by atoms with Gasteiger partial charge in [0.1, 0.15) is 13.2 Å². The second-order valence-corrected chi connectivity index (χ2v) is 19.6. The van der Waals surface area contributed by atoms with Crippen LogP contribution in [0.4, 0.5) is 0 Å².